The highest BCUT2D eigenvalue weighted by atomic mass is 16.5. The second kappa shape index (κ2) is 11.0. The minimum Gasteiger partial charge on any atom is -0.378 e. The molecule has 160 valence electrons. The van der Waals surface area contributed by atoms with Crippen LogP contribution in [0.3, 0.4) is 0 Å². The van der Waals surface area contributed by atoms with Crippen LogP contribution >= 0.6 is 0 Å². The number of likely N-dealkylation sites (tertiary alicyclic amines) is 1. The van der Waals surface area contributed by atoms with Gasteiger partial charge >= 0.3 is 0 Å². The number of aliphatic imine (C=N–C) groups is 1. The summed E-state index contributed by atoms with van der Waals surface area (Å²) in [7, 11) is 3.54. The zero-order valence-corrected chi connectivity index (χ0v) is 17.7. The van der Waals surface area contributed by atoms with E-state index < -0.39 is 0 Å². The number of hydrogen-bond donors (Lipinski definition) is 1. The van der Waals surface area contributed by atoms with Crippen LogP contribution < -0.4 is 5.32 Å². The van der Waals surface area contributed by atoms with E-state index in [0.717, 1.165) is 70.4 Å². The number of nitrogens with one attached hydrogen (secondary N) is 1. The third-order valence-electron chi connectivity index (χ3n) is 6.16. The van der Waals surface area contributed by atoms with Crippen LogP contribution in [0, 0.1) is 5.92 Å². The van der Waals surface area contributed by atoms with Gasteiger partial charge in [-0.3, -0.25) is 4.79 Å². The van der Waals surface area contributed by atoms with Gasteiger partial charge in [-0.2, -0.15) is 0 Å². The quantitative estimate of drug-likeness (QED) is 0.527. The molecule has 3 fully saturated rings. The molecule has 7 heteroatoms. The first-order valence-corrected chi connectivity index (χ1v) is 11.1. The maximum absolute atomic E-state index is 12.0. The predicted octanol–water partition coefficient (Wildman–Crippen LogP) is 1.87. The Morgan fingerprint density at radius 3 is 2.54 bits per heavy atom. The molecule has 0 radical (unpaired) electrons. The summed E-state index contributed by atoms with van der Waals surface area (Å²) in [6.07, 6.45) is 10.3. The van der Waals surface area contributed by atoms with Crippen LogP contribution in [-0.2, 0) is 14.3 Å². The maximum Gasteiger partial charge on any atom is 0.243 e. The first-order chi connectivity index (χ1) is 13.6. The molecular weight excluding hydrogens is 356 g/mol. The molecule has 1 saturated carbocycles. The molecule has 1 atom stereocenters. The van der Waals surface area contributed by atoms with E-state index in [9.17, 15) is 4.79 Å². The van der Waals surface area contributed by atoms with E-state index in [0.29, 0.717) is 6.10 Å². The summed E-state index contributed by atoms with van der Waals surface area (Å²) in [5.74, 6) is 1.63. The van der Waals surface area contributed by atoms with Gasteiger partial charge in [0, 0.05) is 46.9 Å². The number of carbonyl (C=O) groups excluding carboxylic acids is 1. The fourth-order valence-electron chi connectivity index (χ4n) is 4.25. The lowest BCUT2D eigenvalue weighted by Gasteiger charge is -2.35. The van der Waals surface area contributed by atoms with Crippen molar-refractivity contribution < 1.29 is 14.3 Å². The minimum absolute atomic E-state index is 0.0196. The molecule has 2 saturated heterocycles. The van der Waals surface area contributed by atoms with Crippen LogP contribution in [0.2, 0.25) is 0 Å². The van der Waals surface area contributed by atoms with Crippen molar-refractivity contribution in [1.29, 1.82) is 0 Å². The van der Waals surface area contributed by atoms with E-state index in [-0.39, 0.29) is 18.6 Å². The Balaban J connectivity index is 1.47. The van der Waals surface area contributed by atoms with Crippen LogP contribution in [-0.4, -0.2) is 87.4 Å². The standard InChI is InChI=1S/C21H38N4O3/c1-24(2)20(26)15-23-21(22-14-19-8-5-13-27-19)25-11-9-18(10-12-25)28-16-17-6-3-4-7-17/h17-19H,3-16H2,1-2H3,(H,22,23). The second-order valence-corrected chi connectivity index (χ2v) is 8.61. The molecule has 0 aromatic rings. The van der Waals surface area contributed by atoms with Gasteiger partial charge in [-0.05, 0) is 44.4 Å². The molecule has 2 heterocycles. The first-order valence-electron chi connectivity index (χ1n) is 11.1. The number of guanidine groups is 1. The number of amides is 1. The topological polar surface area (TPSA) is 66.4 Å². The zero-order valence-electron chi connectivity index (χ0n) is 17.7. The van der Waals surface area contributed by atoms with Crippen LogP contribution in [0.25, 0.3) is 0 Å². The molecule has 0 spiro atoms. The predicted molar refractivity (Wildman–Crippen MR) is 110 cm³/mol. The molecule has 3 rings (SSSR count). The van der Waals surface area contributed by atoms with E-state index in [4.69, 9.17) is 9.47 Å². The monoisotopic (exact) mass is 394 g/mol. The fraction of sp³-hybridized carbons (Fsp3) is 0.905. The Labute approximate surface area is 169 Å². The van der Waals surface area contributed by atoms with Crippen molar-refractivity contribution in [3.8, 4) is 0 Å². The summed E-state index contributed by atoms with van der Waals surface area (Å²) in [6.45, 7) is 4.56. The summed E-state index contributed by atoms with van der Waals surface area (Å²) in [4.78, 5) is 20.4. The SMILES string of the molecule is CN(C)C(=O)CN=C(NCC1CCCO1)N1CCC(OCC2CCCC2)CC1. The van der Waals surface area contributed by atoms with Gasteiger partial charge in [-0.1, -0.05) is 12.8 Å². The lowest BCUT2D eigenvalue weighted by molar-refractivity contribution is -0.127. The van der Waals surface area contributed by atoms with Crippen molar-refractivity contribution in [2.45, 2.75) is 63.6 Å². The van der Waals surface area contributed by atoms with Gasteiger partial charge in [-0.15, -0.1) is 0 Å². The van der Waals surface area contributed by atoms with Gasteiger partial charge in [0.1, 0.15) is 6.54 Å². The van der Waals surface area contributed by atoms with Crippen LogP contribution in [0.5, 0.6) is 0 Å². The highest BCUT2D eigenvalue weighted by Crippen LogP contribution is 2.26. The molecule has 0 bridgehead atoms. The molecule has 28 heavy (non-hydrogen) atoms. The number of hydrogen-bond acceptors (Lipinski definition) is 4. The van der Waals surface area contributed by atoms with Gasteiger partial charge in [0.25, 0.3) is 0 Å². The van der Waals surface area contributed by atoms with Gasteiger partial charge < -0.3 is 24.6 Å². The average molecular weight is 395 g/mol. The molecule has 1 amide bonds. The number of ether oxygens (including phenoxy) is 2. The zero-order chi connectivity index (χ0) is 19.8. The number of rotatable bonds is 7. The highest BCUT2D eigenvalue weighted by molar-refractivity contribution is 5.84. The van der Waals surface area contributed by atoms with Crippen LogP contribution in [0.1, 0.15) is 51.4 Å². The van der Waals surface area contributed by atoms with Crippen LogP contribution in [0.4, 0.5) is 0 Å². The smallest absolute Gasteiger partial charge is 0.243 e. The van der Waals surface area contributed by atoms with Crippen molar-refractivity contribution in [2.75, 3.05) is 53.5 Å². The Bertz CT molecular complexity index is 506. The average Bonchev–Trinajstić information content (AvgIpc) is 3.40. The Morgan fingerprint density at radius 1 is 1.14 bits per heavy atom. The molecule has 0 aromatic carbocycles. The second-order valence-electron chi connectivity index (χ2n) is 8.61. The normalized spacial score (nSPS) is 24.7. The first kappa shape index (κ1) is 21.4. The number of likely N-dealkylation sites (N-methyl/N-ethyl adjacent to an activating group) is 1. The van der Waals surface area contributed by atoms with E-state index in [1.165, 1.54) is 25.7 Å². The van der Waals surface area contributed by atoms with Crippen molar-refractivity contribution in [1.82, 2.24) is 15.1 Å². The molecular formula is C21H38N4O3. The largest absolute Gasteiger partial charge is 0.378 e. The fourth-order valence-corrected chi connectivity index (χ4v) is 4.25. The van der Waals surface area contributed by atoms with Gasteiger partial charge in [0.2, 0.25) is 5.91 Å². The van der Waals surface area contributed by atoms with Crippen molar-refractivity contribution in [2.24, 2.45) is 10.9 Å². The highest BCUT2D eigenvalue weighted by Gasteiger charge is 2.25. The van der Waals surface area contributed by atoms with Crippen molar-refractivity contribution in [3.05, 3.63) is 0 Å². The molecule has 1 aliphatic carbocycles. The number of carbonyl (C=O) groups is 1. The van der Waals surface area contributed by atoms with Crippen LogP contribution in [0.15, 0.2) is 4.99 Å². The molecule has 2 aliphatic heterocycles. The van der Waals surface area contributed by atoms with Crippen molar-refractivity contribution >= 4 is 11.9 Å². The molecule has 3 aliphatic rings. The van der Waals surface area contributed by atoms with Gasteiger partial charge in [0.05, 0.1) is 12.2 Å². The Hall–Kier alpha value is -1.34. The van der Waals surface area contributed by atoms with Gasteiger partial charge in [-0.25, -0.2) is 4.99 Å². The minimum atomic E-state index is 0.0196. The van der Waals surface area contributed by atoms with Gasteiger partial charge in [0.15, 0.2) is 5.96 Å². The molecule has 1 unspecified atom stereocenters. The summed E-state index contributed by atoms with van der Waals surface area (Å²) in [6, 6.07) is 0. The lowest BCUT2D eigenvalue weighted by atomic mass is 10.1. The molecule has 1 N–H and O–H groups in total. The maximum atomic E-state index is 12.0. The number of nitrogens with zero attached hydrogens (tertiary/aromatic N) is 3. The summed E-state index contributed by atoms with van der Waals surface area (Å²) in [5, 5.41) is 3.46. The van der Waals surface area contributed by atoms with Crippen molar-refractivity contribution in [3.63, 3.8) is 0 Å². The molecule has 0 aromatic heterocycles. The Morgan fingerprint density at radius 2 is 1.89 bits per heavy atom. The Kier molecular flexibility index (Phi) is 8.40. The van der Waals surface area contributed by atoms with E-state index in [2.05, 4.69) is 15.2 Å². The summed E-state index contributed by atoms with van der Waals surface area (Å²) in [5.41, 5.74) is 0. The third-order valence-corrected chi connectivity index (χ3v) is 6.16. The molecule has 7 nitrogen and oxygen atoms in total. The van der Waals surface area contributed by atoms with E-state index in [1.54, 1.807) is 19.0 Å². The van der Waals surface area contributed by atoms with E-state index in [1.807, 2.05) is 0 Å². The summed E-state index contributed by atoms with van der Waals surface area (Å²) >= 11 is 0. The lowest BCUT2D eigenvalue weighted by Crippen LogP contribution is -2.49. The third kappa shape index (κ3) is 6.62. The summed E-state index contributed by atoms with van der Waals surface area (Å²) < 4.78 is 11.9. The number of piperidine rings is 1. The van der Waals surface area contributed by atoms with E-state index >= 15 is 0 Å².